The molecule has 0 heterocycles. The fourth-order valence-corrected chi connectivity index (χ4v) is 3.12. The number of carbonyl (C=O) groups excluding carboxylic acids is 1. The van der Waals surface area contributed by atoms with E-state index in [0.717, 1.165) is 12.1 Å². The summed E-state index contributed by atoms with van der Waals surface area (Å²) in [5, 5.41) is 0. The largest absolute Gasteiger partial charge is 0.462 e. The van der Waals surface area contributed by atoms with Crippen LogP contribution >= 0.6 is 0 Å². The molecule has 0 saturated carbocycles. The van der Waals surface area contributed by atoms with Crippen molar-refractivity contribution in [2.75, 3.05) is 6.61 Å². The number of halogens is 3. The molecule has 9 heteroatoms. The van der Waals surface area contributed by atoms with Crippen LogP contribution in [-0.4, -0.2) is 21.0 Å². The van der Waals surface area contributed by atoms with Crippen LogP contribution in [0.5, 0.6) is 0 Å². The van der Waals surface area contributed by atoms with Gasteiger partial charge in [-0.25, -0.2) is 17.9 Å². The maximum atomic E-state index is 12.7. The van der Waals surface area contributed by atoms with Gasteiger partial charge in [0.2, 0.25) is 10.0 Å². The highest BCUT2D eigenvalue weighted by molar-refractivity contribution is 7.89. The maximum absolute atomic E-state index is 12.7. The Labute approximate surface area is 148 Å². The Kier molecular flexibility index (Phi) is 6.04. The summed E-state index contributed by atoms with van der Waals surface area (Å²) >= 11 is 0. The summed E-state index contributed by atoms with van der Waals surface area (Å²) in [7, 11) is -3.94. The molecule has 0 aliphatic heterocycles. The van der Waals surface area contributed by atoms with Crippen molar-refractivity contribution in [3.8, 4) is 0 Å². The molecule has 0 bridgehead atoms. The normalized spacial score (nSPS) is 12.0. The molecular formula is C17H16F3NO4S. The predicted molar refractivity (Wildman–Crippen MR) is 87.9 cm³/mol. The molecule has 0 unspecified atom stereocenters. The molecule has 0 aliphatic rings. The number of hydrogen-bond acceptors (Lipinski definition) is 4. The van der Waals surface area contributed by atoms with Crippen molar-refractivity contribution in [2.24, 2.45) is 0 Å². The molecule has 0 spiro atoms. The van der Waals surface area contributed by atoms with Crippen LogP contribution in [0.2, 0.25) is 0 Å². The summed E-state index contributed by atoms with van der Waals surface area (Å²) in [6.07, 6.45) is -4.50. The van der Waals surface area contributed by atoms with Gasteiger partial charge in [-0.2, -0.15) is 13.2 Å². The Morgan fingerprint density at radius 3 is 2.35 bits per heavy atom. The van der Waals surface area contributed by atoms with E-state index in [2.05, 4.69) is 4.72 Å². The standard InChI is InChI=1S/C17H16F3NO4S/c1-2-25-16(22)13-6-8-15(9-7-13)26(23,24)21-11-12-4-3-5-14(10-12)17(18,19)20/h3-10,21H,2,11H2,1H3. The highest BCUT2D eigenvalue weighted by Gasteiger charge is 2.30. The molecule has 140 valence electrons. The van der Waals surface area contributed by atoms with E-state index in [1.807, 2.05) is 0 Å². The lowest BCUT2D eigenvalue weighted by atomic mass is 10.1. The molecule has 0 radical (unpaired) electrons. The number of ether oxygens (including phenoxy) is 1. The Morgan fingerprint density at radius 2 is 1.77 bits per heavy atom. The Hall–Kier alpha value is -2.39. The minimum atomic E-state index is -4.50. The van der Waals surface area contributed by atoms with Crippen LogP contribution in [0.4, 0.5) is 13.2 Å². The van der Waals surface area contributed by atoms with Crippen LogP contribution in [0, 0.1) is 0 Å². The van der Waals surface area contributed by atoms with E-state index < -0.39 is 27.7 Å². The van der Waals surface area contributed by atoms with Gasteiger partial charge in [0.25, 0.3) is 0 Å². The predicted octanol–water partition coefficient (Wildman–Crippen LogP) is 3.36. The summed E-state index contributed by atoms with van der Waals surface area (Å²) in [5.74, 6) is -0.576. The van der Waals surface area contributed by atoms with Crippen molar-refractivity contribution in [2.45, 2.75) is 24.5 Å². The van der Waals surface area contributed by atoms with Crippen molar-refractivity contribution in [1.82, 2.24) is 4.72 Å². The van der Waals surface area contributed by atoms with Crippen LogP contribution in [0.3, 0.4) is 0 Å². The molecule has 0 aliphatic carbocycles. The minimum Gasteiger partial charge on any atom is -0.462 e. The van der Waals surface area contributed by atoms with Gasteiger partial charge in [0.15, 0.2) is 0 Å². The maximum Gasteiger partial charge on any atom is 0.416 e. The van der Waals surface area contributed by atoms with E-state index in [0.29, 0.717) is 0 Å². The second-order valence-corrected chi connectivity index (χ2v) is 7.03. The zero-order valence-electron chi connectivity index (χ0n) is 13.7. The molecule has 26 heavy (non-hydrogen) atoms. The number of carbonyl (C=O) groups is 1. The summed E-state index contributed by atoms with van der Waals surface area (Å²) < 4.78 is 69.6. The lowest BCUT2D eigenvalue weighted by Crippen LogP contribution is -2.23. The highest BCUT2D eigenvalue weighted by Crippen LogP contribution is 2.29. The highest BCUT2D eigenvalue weighted by atomic mass is 32.2. The number of rotatable bonds is 6. The summed E-state index contributed by atoms with van der Waals surface area (Å²) in [5.41, 5.74) is -0.483. The molecule has 2 aromatic carbocycles. The molecule has 2 rings (SSSR count). The molecule has 0 aromatic heterocycles. The van der Waals surface area contributed by atoms with Crippen molar-refractivity contribution in [1.29, 1.82) is 0 Å². The topological polar surface area (TPSA) is 72.5 Å². The minimum absolute atomic E-state index is 0.113. The second kappa shape index (κ2) is 7.88. The zero-order chi connectivity index (χ0) is 19.4. The number of alkyl halides is 3. The van der Waals surface area contributed by atoms with E-state index in [1.54, 1.807) is 6.92 Å². The molecule has 0 amide bonds. The number of esters is 1. The Morgan fingerprint density at radius 1 is 1.12 bits per heavy atom. The first-order chi connectivity index (χ1) is 12.1. The molecule has 5 nitrogen and oxygen atoms in total. The summed E-state index contributed by atoms with van der Waals surface area (Å²) in [4.78, 5) is 11.4. The van der Waals surface area contributed by atoms with E-state index in [9.17, 15) is 26.4 Å². The van der Waals surface area contributed by atoms with Gasteiger partial charge in [-0.1, -0.05) is 18.2 Å². The molecule has 1 N–H and O–H groups in total. The van der Waals surface area contributed by atoms with E-state index in [-0.39, 0.29) is 29.2 Å². The third kappa shape index (κ3) is 5.06. The van der Waals surface area contributed by atoms with Crippen LogP contribution < -0.4 is 4.72 Å². The molecule has 0 atom stereocenters. The number of hydrogen-bond donors (Lipinski definition) is 1. The fraction of sp³-hybridized carbons (Fsp3) is 0.235. The summed E-state index contributed by atoms with van der Waals surface area (Å²) in [6, 6.07) is 9.44. The molecule has 0 fully saturated rings. The van der Waals surface area contributed by atoms with Crippen LogP contribution in [0.25, 0.3) is 0 Å². The first-order valence-corrected chi connectivity index (χ1v) is 9.05. The Balaban J connectivity index is 2.11. The first kappa shape index (κ1) is 19.9. The SMILES string of the molecule is CCOC(=O)c1ccc(S(=O)(=O)NCc2cccc(C(F)(F)F)c2)cc1. The Bertz CT molecular complexity index is 878. The summed E-state index contributed by atoms with van der Waals surface area (Å²) in [6.45, 7) is 1.54. The van der Waals surface area contributed by atoms with Gasteiger partial charge in [0.05, 0.1) is 22.6 Å². The zero-order valence-corrected chi connectivity index (χ0v) is 14.5. The van der Waals surface area contributed by atoms with Crippen LogP contribution in [0.1, 0.15) is 28.4 Å². The first-order valence-electron chi connectivity index (χ1n) is 7.56. The fourth-order valence-electron chi connectivity index (χ4n) is 2.10. The average molecular weight is 387 g/mol. The van der Waals surface area contributed by atoms with Gasteiger partial charge in [-0.3, -0.25) is 0 Å². The second-order valence-electron chi connectivity index (χ2n) is 5.27. The molecule has 2 aromatic rings. The van der Waals surface area contributed by atoms with Crippen LogP contribution in [-0.2, 0) is 27.5 Å². The monoisotopic (exact) mass is 387 g/mol. The van der Waals surface area contributed by atoms with Crippen molar-refractivity contribution in [3.05, 3.63) is 65.2 Å². The van der Waals surface area contributed by atoms with Crippen molar-refractivity contribution >= 4 is 16.0 Å². The smallest absolute Gasteiger partial charge is 0.416 e. The van der Waals surface area contributed by atoms with Gasteiger partial charge < -0.3 is 4.74 Å². The van der Waals surface area contributed by atoms with Gasteiger partial charge in [-0.05, 0) is 42.8 Å². The lowest BCUT2D eigenvalue weighted by Gasteiger charge is -2.10. The molecule has 0 saturated heterocycles. The van der Waals surface area contributed by atoms with E-state index >= 15 is 0 Å². The van der Waals surface area contributed by atoms with Crippen LogP contribution in [0.15, 0.2) is 53.4 Å². The number of sulfonamides is 1. The van der Waals surface area contributed by atoms with Gasteiger partial charge in [0.1, 0.15) is 0 Å². The quantitative estimate of drug-likeness (QED) is 0.772. The van der Waals surface area contributed by atoms with E-state index in [4.69, 9.17) is 4.74 Å². The average Bonchev–Trinajstić information content (AvgIpc) is 2.60. The van der Waals surface area contributed by atoms with Gasteiger partial charge in [0, 0.05) is 6.54 Å². The number of benzene rings is 2. The molecular weight excluding hydrogens is 371 g/mol. The van der Waals surface area contributed by atoms with Crippen molar-refractivity contribution in [3.63, 3.8) is 0 Å². The van der Waals surface area contributed by atoms with Gasteiger partial charge >= 0.3 is 12.1 Å². The third-order valence-corrected chi connectivity index (χ3v) is 4.81. The lowest BCUT2D eigenvalue weighted by molar-refractivity contribution is -0.137. The van der Waals surface area contributed by atoms with Crippen molar-refractivity contribution < 1.29 is 31.1 Å². The van der Waals surface area contributed by atoms with E-state index in [1.165, 1.54) is 36.4 Å². The third-order valence-electron chi connectivity index (χ3n) is 3.40. The van der Waals surface area contributed by atoms with Gasteiger partial charge in [-0.15, -0.1) is 0 Å². The number of nitrogens with one attached hydrogen (secondary N) is 1.